The Labute approximate surface area is 409 Å². The average molecular weight is 961 g/mol. The van der Waals surface area contributed by atoms with Crippen molar-refractivity contribution in [3.63, 3.8) is 0 Å². The molecule has 0 radical (unpaired) electrons. The molecule has 2 saturated carbocycles. The number of aromatic nitrogens is 2. The second-order valence-corrected chi connectivity index (χ2v) is 21.7. The Bertz CT molecular complexity index is 2690. The van der Waals surface area contributed by atoms with Gasteiger partial charge >= 0.3 is 5.97 Å². The van der Waals surface area contributed by atoms with E-state index in [1.54, 1.807) is 19.2 Å². The normalized spacial score (nSPS) is 23.6. The second kappa shape index (κ2) is 19.4. The zero-order valence-corrected chi connectivity index (χ0v) is 41.6. The monoisotopic (exact) mass is 961 g/mol. The Morgan fingerprint density at radius 3 is 2.49 bits per heavy atom. The van der Waals surface area contributed by atoms with Crippen molar-refractivity contribution in [1.82, 2.24) is 40.4 Å². The van der Waals surface area contributed by atoms with Crippen LogP contribution >= 0.6 is 0 Å². The molecule has 6 bridgehead atoms. The summed E-state index contributed by atoms with van der Waals surface area (Å²) in [6.45, 7) is 11.4. The van der Waals surface area contributed by atoms with Gasteiger partial charge in [0.2, 0.25) is 17.7 Å². The predicted octanol–water partition coefficient (Wildman–Crippen LogP) is 6.19. The number of hydrogen-bond acceptors (Lipinski definition) is 10. The van der Waals surface area contributed by atoms with Gasteiger partial charge in [-0.3, -0.25) is 39.3 Å². The highest BCUT2D eigenvalue weighted by molar-refractivity contribution is 5.96. The van der Waals surface area contributed by atoms with Gasteiger partial charge in [-0.05, 0) is 122 Å². The SMILES string of the molecule is CCn1c(-c2cccnc2C(C)C)c2c3cc(ccc31)-c1cc(O)cc(c1)C[C@H](NC(=O)[C@H](C1CCCC1)N(C)C(=O)CN(C)C(=O)[C@H]1N[C@H]1C1(F)CC1)C(=O)N1CCC[C@H](N1)C(=O)OCC(C)(C)C2. The van der Waals surface area contributed by atoms with Crippen LogP contribution in [0.4, 0.5) is 4.39 Å². The molecule has 4 aromatic rings. The molecule has 4 fully saturated rings. The number of hydrogen-bond donors (Lipinski definition) is 4. The summed E-state index contributed by atoms with van der Waals surface area (Å²) in [6.07, 6.45) is 7.26. The molecule has 374 valence electrons. The average Bonchev–Trinajstić information content (AvgIpc) is 4.22. The summed E-state index contributed by atoms with van der Waals surface area (Å²) >= 11 is 0. The van der Waals surface area contributed by atoms with Gasteiger partial charge in [0.15, 0.2) is 0 Å². The Morgan fingerprint density at radius 1 is 1.01 bits per heavy atom. The lowest BCUT2D eigenvalue weighted by Gasteiger charge is -2.37. The van der Waals surface area contributed by atoms with Crippen molar-refractivity contribution in [2.24, 2.45) is 11.3 Å². The van der Waals surface area contributed by atoms with E-state index in [0.29, 0.717) is 57.1 Å². The number of likely N-dealkylation sites (N-methyl/N-ethyl adjacent to an activating group) is 2. The van der Waals surface area contributed by atoms with Crippen molar-refractivity contribution >= 4 is 40.5 Å². The lowest BCUT2D eigenvalue weighted by molar-refractivity contribution is -0.155. The number of ether oxygens (including phenoxy) is 1. The molecule has 2 saturated heterocycles. The lowest BCUT2D eigenvalue weighted by atomic mass is 9.83. The number of hydrazine groups is 1. The number of pyridine rings is 1. The van der Waals surface area contributed by atoms with Crippen molar-refractivity contribution in [1.29, 1.82) is 0 Å². The number of phenols is 1. The maximum absolute atomic E-state index is 14.9. The molecule has 9 rings (SSSR count). The zero-order chi connectivity index (χ0) is 49.8. The number of aryl methyl sites for hydroxylation is 1. The van der Waals surface area contributed by atoms with E-state index in [4.69, 9.17) is 9.72 Å². The van der Waals surface area contributed by atoms with E-state index in [2.05, 4.69) is 73.4 Å². The van der Waals surface area contributed by atoms with Crippen LogP contribution in [0.5, 0.6) is 5.75 Å². The van der Waals surface area contributed by atoms with E-state index in [-0.39, 0.29) is 49.6 Å². The van der Waals surface area contributed by atoms with Crippen LogP contribution < -0.4 is 16.1 Å². The molecule has 4 amide bonds. The molecular weight excluding hydrogens is 892 g/mol. The maximum Gasteiger partial charge on any atom is 0.324 e. The molecule has 2 aromatic carbocycles. The molecule has 2 aliphatic carbocycles. The van der Waals surface area contributed by atoms with Gasteiger partial charge in [-0.2, -0.15) is 0 Å². The number of carbonyl (C=O) groups is 5. The number of nitrogens with zero attached hydrogens (tertiary/aromatic N) is 5. The number of alkyl halides is 1. The Balaban J connectivity index is 1.07. The molecule has 5 atom stereocenters. The fourth-order valence-corrected chi connectivity index (χ4v) is 11.3. The van der Waals surface area contributed by atoms with Gasteiger partial charge in [0, 0.05) is 61.7 Å². The summed E-state index contributed by atoms with van der Waals surface area (Å²) in [4.78, 5) is 78.5. The molecule has 5 heterocycles. The summed E-state index contributed by atoms with van der Waals surface area (Å²) in [7, 11) is 3.06. The van der Waals surface area contributed by atoms with Gasteiger partial charge in [0.25, 0.3) is 5.91 Å². The summed E-state index contributed by atoms with van der Waals surface area (Å²) in [5.74, 6) is -2.38. The largest absolute Gasteiger partial charge is 0.508 e. The number of cyclic esters (lactones) is 1. The van der Waals surface area contributed by atoms with Gasteiger partial charge in [0.05, 0.1) is 30.6 Å². The fourth-order valence-electron chi connectivity index (χ4n) is 11.3. The fraction of sp³-hybridized carbons (Fsp3) is 0.556. The molecule has 70 heavy (non-hydrogen) atoms. The standard InChI is InChI=1S/C54H69FN8O7/c1-8-62-42-18-17-34-27-38(42)39(47(62)37-15-11-21-56-44(37)31(2)3)28-53(4,5)30-70-52(69)40-16-12-22-63(59-40)50(67)41(25-32-23-35(34)26-36(64)24-32)57-49(66)46(33-13-9-10-14-33)61(7)43(65)29-60(6)51(68)45-48(58-45)54(55)19-20-54/h11,15,17-18,21,23-24,26-27,31,33,40-41,45-46,48,58-59,64H,8-10,12-14,16,19-20,22,25,28-30H2,1-7H3,(H,57,66)/t40-,41-,45-,46-,48+/m0/s1. The third kappa shape index (κ3) is 9.90. The van der Waals surface area contributed by atoms with Gasteiger partial charge in [-0.15, -0.1) is 0 Å². The van der Waals surface area contributed by atoms with E-state index in [1.807, 2.05) is 24.4 Å². The van der Waals surface area contributed by atoms with Gasteiger partial charge in [0.1, 0.15) is 35.6 Å². The summed E-state index contributed by atoms with van der Waals surface area (Å²) < 4.78 is 23.2. The van der Waals surface area contributed by atoms with E-state index in [9.17, 15) is 33.5 Å². The first kappa shape index (κ1) is 49.1. The number of amides is 4. The molecule has 3 aliphatic heterocycles. The number of nitrogens with one attached hydrogen (secondary N) is 3. The van der Waals surface area contributed by atoms with Gasteiger partial charge in [-0.1, -0.05) is 52.7 Å². The third-order valence-electron chi connectivity index (χ3n) is 15.3. The van der Waals surface area contributed by atoms with Gasteiger partial charge < -0.3 is 29.5 Å². The Hall–Kier alpha value is -5.87. The van der Waals surface area contributed by atoms with Crippen molar-refractivity contribution in [2.45, 2.75) is 147 Å². The smallest absolute Gasteiger partial charge is 0.324 e. The lowest BCUT2D eigenvalue weighted by Crippen LogP contribution is -2.62. The first-order valence-electron chi connectivity index (χ1n) is 25.3. The molecule has 16 heteroatoms. The van der Waals surface area contributed by atoms with Crippen LogP contribution in [0.2, 0.25) is 0 Å². The topological polar surface area (TPSA) is 188 Å². The minimum absolute atomic E-state index is 0.0112. The zero-order valence-electron chi connectivity index (χ0n) is 41.6. The second-order valence-electron chi connectivity index (χ2n) is 21.7. The number of halogens is 1. The number of fused-ring (bicyclic) bond motifs is 6. The molecule has 2 aromatic heterocycles. The molecule has 0 unspecified atom stereocenters. The number of aromatic hydroxyl groups is 1. The van der Waals surface area contributed by atoms with Crippen LogP contribution in [0.25, 0.3) is 33.3 Å². The minimum atomic E-state index is -1.37. The van der Waals surface area contributed by atoms with Crippen LogP contribution in [-0.2, 0) is 48.1 Å². The molecule has 5 aliphatic rings. The molecule has 0 spiro atoms. The first-order valence-corrected chi connectivity index (χ1v) is 25.3. The first-order chi connectivity index (χ1) is 33.4. The summed E-state index contributed by atoms with van der Waals surface area (Å²) in [5, 5.41) is 19.8. The van der Waals surface area contributed by atoms with Crippen LogP contribution in [0, 0.1) is 11.3 Å². The van der Waals surface area contributed by atoms with Crippen molar-refractivity contribution in [3.8, 4) is 28.1 Å². The molecule has 4 N–H and O–H groups in total. The van der Waals surface area contributed by atoms with Crippen LogP contribution in [0.3, 0.4) is 0 Å². The van der Waals surface area contributed by atoms with Gasteiger partial charge in [-0.25, -0.2) is 9.82 Å². The maximum atomic E-state index is 14.9. The number of esters is 1. The predicted molar refractivity (Wildman–Crippen MR) is 264 cm³/mol. The number of carbonyl (C=O) groups excluding carboxylic acids is 5. The van der Waals surface area contributed by atoms with Crippen molar-refractivity contribution < 1.29 is 38.2 Å². The number of phenolic OH excluding ortho intramolecular Hbond substituents is 1. The molecule has 15 nitrogen and oxygen atoms in total. The quantitative estimate of drug-likeness (QED) is 0.0998. The van der Waals surface area contributed by atoms with E-state index >= 15 is 0 Å². The molecular formula is C54H69FN8O7. The Kier molecular flexibility index (Phi) is 13.6. The summed E-state index contributed by atoms with van der Waals surface area (Å²) in [6, 6.07) is 11.4. The van der Waals surface area contributed by atoms with E-state index < -0.39 is 65.0 Å². The van der Waals surface area contributed by atoms with Crippen molar-refractivity contribution in [2.75, 3.05) is 33.8 Å². The summed E-state index contributed by atoms with van der Waals surface area (Å²) in [5.41, 5.74) is 8.62. The highest BCUT2D eigenvalue weighted by atomic mass is 19.1. The number of benzene rings is 2. The number of rotatable bonds is 11. The van der Waals surface area contributed by atoms with Crippen LogP contribution in [0.1, 0.15) is 109 Å². The van der Waals surface area contributed by atoms with E-state index in [1.165, 1.54) is 21.9 Å². The van der Waals surface area contributed by atoms with Crippen molar-refractivity contribution in [3.05, 3.63) is 71.5 Å². The van der Waals surface area contributed by atoms with E-state index in [0.717, 1.165) is 57.4 Å². The van der Waals surface area contributed by atoms with Crippen LogP contribution in [0.15, 0.2) is 54.7 Å². The Morgan fingerprint density at radius 2 is 1.77 bits per heavy atom. The highest BCUT2D eigenvalue weighted by Gasteiger charge is 2.63. The highest BCUT2D eigenvalue weighted by Crippen LogP contribution is 2.48. The minimum Gasteiger partial charge on any atom is -0.508 e. The van der Waals surface area contributed by atoms with Crippen LogP contribution in [-0.4, -0.2) is 129 Å². The third-order valence-corrected chi connectivity index (χ3v) is 15.3.